The highest BCUT2D eigenvalue weighted by Crippen LogP contribution is 2.19. The van der Waals surface area contributed by atoms with E-state index in [0.29, 0.717) is 15.5 Å². The second kappa shape index (κ2) is 7.12. The maximum atomic E-state index is 12.4. The molecule has 0 bridgehead atoms. The Labute approximate surface area is 125 Å². The topological polar surface area (TPSA) is 81.4 Å². The van der Waals surface area contributed by atoms with Crippen LogP contribution >= 0.6 is 0 Å². The predicted octanol–water partition coefficient (Wildman–Crippen LogP) is 1.72. The van der Waals surface area contributed by atoms with Crippen molar-refractivity contribution < 1.29 is 13.7 Å². The lowest BCUT2D eigenvalue weighted by molar-refractivity contribution is -0.125. The Morgan fingerprint density at radius 3 is 2.48 bits per heavy atom. The molecule has 2 unspecified atom stereocenters. The monoisotopic (exact) mass is 304 g/mol. The smallest absolute Gasteiger partial charge is 0.268 e. The minimum Gasteiger partial charge on any atom is -0.357 e. The van der Waals surface area contributed by atoms with Gasteiger partial charge in [0.15, 0.2) is 6.23 Å². The first-order chi connectivity index (χ1) is 10.1. The fraction of sp³-hybridized carbons (Fsp3) is 0.133. The molecule has 21 heavy (non-hydrogen) atoms. The van der Waals surface area contributed by atoms with Crippen LogP contribution in [0, 0.1) is 0 Å². The Morgan fingerprint density at radius 1 is 1.14 bits per heavy atom. The molecule has 110 valence electrons. The van der Waals surface area contributed by atoms with Crippen molar-refractivity contribution in [3.63, 3.8) is 0 Å². The third-order valence-electron chi connectivity index (χ3n) is 2.79. The molecule has 2 atom stereocenters. The number of ether oxygens (including phenoxy) is 1. The van der Waals surface area contributed by atoms with Gasteiger partial charge in [0.25, 0.3) is 5.91 Å². The number of nitrogens with one attached hydrogen (secondary N) is 1. The maximum absolute atomic E-state index is 12.4. The molecule has 0 aliphatic carbocycles. The van der Waals surface area contributed by atoms with Gasteiger partial charge in [-0.25, -0.2) is 4.21 Å². The van der Waals surface area contributed by atoms with E-state index in [1.807, 2.05) is 18.2 Å². The number of anilines is 1. The number of benzene rings is 2. The van der Waals surface area contributed by atoms with Gasteiger partial charge in [-0.1, -0.05) is 24.3 Å². The molecule has 3 N–H and O–H groups in total. The lowest BCUT2D eigenvalue weighted by atomic mass is 10.3. The molecule has 0 aromatic heterocycles. The molecule has 2 aromatic carbocycles. The summed E-state index contributed by atoms with van der Waals surface area (Å²) in [5, 5.41) is 2.62. The van der Waals surface area contributed by atoms with Crippen LogP contribution in [0.2, 0.25) is 0 Å². The molecule has 0 heterocycles. The lowest BCUT2D eigenvalue weighted by Gasteiger charge is -2.11. The molecular weight excluding hydrogens is 288 g/mol. The number of hydrogen-bond acceptors (Lipinski definition) is 4. The largest absolute Gasteiger partial charge is 0.357 e. The van der Waals surface area contributed by atoms with Crippen LogP contribution in [0.5, 0.6) is 0 Å². The highest BCUT2D eigenvalue weighted by molar-refractivity contribution is 7.85. The highest BCUT2D eigenvalue weighted by atomic mass is 32.2. The number of hydrogen-bond donors (Lipinski definition) is 2. The van der Waals surface area contributed by atoms with Crippen LogP contribution in [-0.2, 0) is 20.3 Å². The van der Waals surface area contributed by atoms with Crippen molar-refractivity contribution in [2.45, 2.75) is 16.0 Å². The van der Waals surface area contributed by atoms with E-state index in [1.165, 1.54) is 7.11 Å². The van der Waals surface area contributed by atoms with Gasteiger partial charge in [0.1, 0.15) is 0 Å². The molecule has 1 amide bonds. The summed E-state index contributed by atoms with van der Waals surface area (Å²) in [5.41, 5.74) is 5.98. The van der Waals surface area contributed by atoms with Crippen molar-refractivity contribution in [1.82, 2.24) is 0 Å². The fourth-order valence-electron chi connectivity index (χ4n) is 1.69. The van der Waals surface area contributed by atoms with E-state index in [2.05, 4.69) is 5.32 Å². The van der Waals surface area contributed by atoms with Crippen LogP contribution in [0.15, 0.2) is 64.4 Å². The average molecular weight is 304 g/mol. The second-order valence-electron chi connectivity index (χ2n) is 4.26. The summed E-state index contributed by atoms with van der Waals surface area (Å²) < 4.78 is 17.2. The van der Waals surface area contributed by atoms with Crippen molar-refractivity contribution >= 4 is 22.4 Å². The van der Waals surface area contributed by atoms with E-state index >= 15 is 0 Å². The summed E-state index contributed by atoms with van der Waals surface area (Å²) in [7, 11) is 0.0541. The Kier molecular flexibility index (Phi) is 5.21. The number of rotatable bonds is 5. The van der Waals surface area contributed by atoms with E-state index in [1.54, 1.807) is 36.4 Å². The molecule has 0 aliphatic heterocycles. The van der Waals surface area contributed by atoms with E-state index in [9.17, 15) is 9.00 Å². The summed E-state index contributed by atoms with van der Waals surface area (Å²) in [4.78, 5) is 13.0. The number of methoxy groups -OCH3 is 1. The first-order valence-corrected chi connectivity index (χ1v) is 7.43. The zero-order valence-corrected chi connectivity index (χ0v) is 12.3. The minimum atomic E-state index is -1.30. The van der Waals surface area contributed by atoms with Gasteiger partial charge in [0.2, 0.25) is 0 Å². The highest BCUT2D eigenvalue weighted by Gasteiger charge is 2.13. The molecule has 0 aliphatic rings. The molecule has 5 nitrogen and oxygen atoms in total. The number of amides is 1. The molecular formula is C15H16N2O3S. The Bertz CT molecular complexity index is 646. The zero-order chi connectivity index (χ0) is 15.2. The van der Waals surface area contributed by atoms with E-state index in [4.69, 9.17) is 10.5 Å². The van der Waals surface area contributed by atoms with E-state index < -0.39 is 22.9 Å². The van der Waals surface area contributed by atoms with Gasteiger partial charge in [-0.05, 0) is 30.3 Å². The first-order valence-electron chi connectivity index (χ1n) is 6.28. The summed E-state index contributed by atoms with van der Waals surface area (Å²) >= 11 is 0. The summed E-state index contributed by atoms with van der Waals surface area (Å²) in [6.45, 7) is 0. The van der Waals surface area contributed by atoms with Crippen molar-refractivity contribution in [3.8, 4) is 0 Å². The van der Waals surface area contributed by atoms with Gasteiger partial charge < -0.3 is 10.1 Å². The quantitative estimate of drug-likeness (QED) is 0.824. The molecule has 6 heteroatoms. The fourth-order valence-corrected chi connectivity index (χ4v) is 2.80. The van der Waals surface area contributed by atoms with Gasteiger partial charge in [0.05, 0.1) is 10.8 Å². The lowest BCUT2D eigenvalue weighted by Crippen LogP contribution is -2.37. The Morgan fingerprint density at radius 2 is 1.81 bits per heavy atom. The summed E-state index contributed by atoms with van der Waals surface area (Å²) in [5.74, 6) is -0.458. The van der Waals surface area contributed by atoms with E-state index in [0.717, 1.165) is 0 Å². The first kappa shape index (κ1) is 15.4. The van der Waals surface area contributed by atoms with Crippen LogP contribution in [0.1, 0.15) is 0 Å². The Hall–Kier alpha value is -2.02. The zero-order valence-electron chi connectivity index (χ0n) is 11.5. The van der Waals surface area contributed by atoms with Gasteiger partial charge in [-0.15, -0.1) is 0 Å². The molecule has 0 radical (unpaired) electrons. The number of carbonyl (C=O) groups is 1. The molecule has 2 aromatic rings. The third-order valence-corrected chi connectivity index (χ3v) is 4.17. The van der Waals surface area contributed by atoms with Crippen molar-refractivity contribution in [2.75, 3.05) is 12.4 Å². The predicted molar refractivity (Wildman–Crippen MR) is 81.2 cm³/mol. The minimum absolute atomic E-state index is 0.458. The van der Waals surface area contributed by atoms with Crippen molar-refractivity contribution in [1.29, 1.82) is 0 Å². The Balaban J connectivity index is 2.18. The molecule has 0 saturated heterocycles. The number of carbonyl (C=O) groups excluding carboxylic acids is 1. The standard InChI is InChI=1S/C15H16N2O3S/c1-20-14(16)15(18)17-11-6-5-9-13(10-11)21(19)12-7-3-2-4-8-12/h2-10,14H,16H2,1H3,(H,17,18). The second-order valence-corrected chi connectivity index (χ2v) is 5.74. The normalized spacial score (nSPS) is 13.4. The summed E-state index contributed by atoms with van der Waals surface area (Å²) in [6.07, 6.45) is -1.03. The molecule has 0 saturated carbocycles. The van der Waals surface area contributed by atoms with E-state index in [-0.39, 0.29) is 0 Å². The maximum Gasteiger partial charge on any atom is 0.268 e. The van der Waals surface area contributed by atoms with Gasteiger partial charge in [-0.2, -0.15) is 0 Å². The van der Waals surface area contributed by atoms with Crippen LogP contribution in [0.3, 0.4) is 0 Å². The average Bonchev–Trinajstić information content (AvgIpc) is 2.54. The molecule has 0 fully saturated rings. The van der Waals surface area contributed by atoms with Crippen molar-refractivity contribution in [2.24, 2.45) is 5.73 Å². The van der Waals surface area contributed by atoms with Gasteiger partial charge >= 0.3 is 0 Å². The van der Waals surface area contributed by atoms with Crippen LogP contribution in [-0.4, -0.2) is 23.5 Å². The van der Waals surface area contributed by atoms with Gasteiger partial charge in [0, 0.05) is 22.6 Å². The van der Waals surface area contributed by atoms with Crippen LogP contribution < -0.4 is 11.1 Å². The van der Waals surface area contributed by atoms with Crippen LogP contribution in [0.4, 0.5) is 5.69 Å². The van der Waals surface area contributed by atoms with Crippen molar-refractivity contribution in [3.05, 3.63) is 54.6 Å². The van der Waals surface area contributed by atoms with Crippen LogP contribution in [0.25, 0.3) is 0 Å². The SMILES string of the molecule is COC(N)C(=O)Nc1cccc(S(=O)c2ccccc2)c1. The molecule has 2 rings (SSSR count). The number of nitrogens with two attached hydrogens (primary N) is 1. The van der Waals surface area contributed by atoms with Gasteiger partial charge in [-0.3, -0.25) is 10.5 Å². The molecule has 0 spiro atoms. The third kappa shape index (κ3) is 3.98. The summed E-state index contributed by atoms with van der Waals surface area (Å²) in [6, 6.07) is 15.9.